The molecule has 0 radical (unpaired) electrons. The number of nitrogens with two attached hydrogens (primary N) is 1. The molecule has 124 valence electrons. The molecule has 2 heterocycles. The molecule has 0 spiro atoms. The third-order valence-electron chi connectivity index (χ3n) is 4.21. The summed E-state index contributed by atoms with van der Waals surface area (Å²) in [5.74, 6) is 0.415. The van der Waals surface area contributed by atoms with Gasteiger partial charge in [0, 0.05) is 29.7 Å². The first kappa shape index (κ1) is 15.2. The number of benzene rings is 2. The van der Waals surface area contributed by atoms with Crippen molar-refractivity contribution in [3.05, 3.63) is 66.7 Å². The highest BCUT2D eigenvalue weighted by atomic mass is 19.1. The van der Waals surface area contributed by atoms with Crippen LogP contribution in [0.25, 0.3) is 33.3 Å². The average Bonchev–Trinajstić information content (AvgIpc) is 3.01. The first-order valence-electron chi connectivity index (χ1n) is 7.83. The van der Waals surface area contributed by atoms with E-state index < -0.39 is 0 Å². The van der Waals surface area contributed by atoms with Gasteiger partial charge in [0.2, 0.25) is 0 Å². The van der Waals surface area contributed by atoms with E-state index in [1.807, 2.05) is 18.2 Å². The number of hydrogen-bond acceptors (Lipinski definition) is 3. The van der Waals surface area contributed by atoms with Gasteiger partial charge in [0.25, 0.3) is 0 Å². The molecule has 4 rings (SSSR count). The number of ether oxygens (including phenoxy) is 1. The van der Waals surface area contributed by atoms with Gasteiger partial charge >= 0.3 is 0 Å². The summed E-state index contributed by atoms with van der Waals surface area (Å²) in [6, 6.07) is 13.9. The monoisotopic (exact) mass is 333 g/mol. The van der Waals surface area contributed by atoms with Crippen molar-refractivity contribution in [2.75, 3.05) is 12.8 Å². The lowest BCUT2D eigenvalue weighted by Gasteiger charge is -2.08. The summed E-state index contributed by atoms with van der Waals surface area (Å²) < 4.78 is 18.9. The van der Waals surface area contributed by atoms with Crippen molar-refractivity contribution in [3.63, 3.8) is 0 Å². The Bertz CT molecular complexity index is 1040. The van der Waals surface area contributed by atoms with Gasteiger partial charge in [-0.1, -0.05) is 0 Å². The highest BCUT2D eigenvalue weighted by Gasteiger charge is 2.19. The Morgan fingerprint density at radius 2 is 1.72 bits per heavy atom. The minimum absolute atomic E-state index is 0.271. The smallest absolute Gasteiger partial charge is 0.130 e. The Kier molecular flexibility index (Phi) is 3.61. The molecule has 25 heavy (non-hydrogen) atoms. The number of pyridine rings is 1. The Balaban J connectivity index is 2.10. The van der Waals surface area contributed by atoms with Gasteiger partial charge < -0.3 is 15.5 Å². The van der Waals surface area contributed by atoms with Gasteiger partial charge in [-0.05, 0) is 53.6 Å². The zero-order valence-corrected chi connectivity index (χ0v) is 13.6. The predicted molar refractivity (Wildman–Crippen MR) is 97.9 cm³/mol. The second-order valence-corrected chi connectivity index (χ2v) is 5.76. The van der Waals surface area contributed by atoms with Crippen molar-refractivity contribution in [2.45, 2.75) is 0 Å². The third-order valence-corrected chi connectivity index (χ3v) is 4.21. The average molecular weight is 333 g/mol. The van der Waals surface area contributed by atoms with E-state index in [0.29, 0.717) is 11.4 Å². The first-order chi connectivity index (χ1) is 12.2. The van der Waals surface area contributed by atoms with E-state index in [1.165, 1.54) is 12.1 Å². The van der Waals surface area contributed by atoms with E-state index >= 15 is 0 Å². The van der Waals surface area contributed by atoms with Crippen LogP contribution < -0.4 is 10.5 Å². The third kappa shape index (κ3) is 2.59. The van der Waals surface area contributed by atoms with Gasteiger partial charge in [0.1, 0.15) is 11.6 Å². The van der Waals surface area contributed by atoms with Crippen LogP contribution in [0.5, 0.6) is 5.75 Å². The molecule has 0 aliphatic heterocycles. The Morgan fingerprint density at radius 1 is 1.00 bits per heavy atom. The lowest BCUT2D eigenvalue weighted by atomic mass is 9.98. The van der Waals surface area contributed by atoms with Gasteiger partial charge in [0.05, 0.1) is 23.7 Å². The molecule has 5 heteroatoms. The molecule has 0 fully saturated rings. The van der Waals surface area contributed by atoms with Gasteiger partial charge in [-0.3, -0.25) is 4.98 Å². The highest BCUT2D eigenvalue weighted by Crippen LogP contribution is 2.43. The minimum Gasteiger partial charge on any atom is -0.496 e. The molecule has 4 nitrogen and oxygen atoms in total. The Morgan fingerprint density at radius 3 is 2.40 bits per heavy atom. The van der Waals surface area contributed by atoms with E-state index in [4.69, 9.17) is 10.5 Å². The van der Waals surface area contributed by atoms with Crippen LogP contribution in [-0.2, 0) is 0 Å². The molecule has 0 aliphatic rings. The molecule has 2 aromatic heterocycles. The summed E-state index contributed by atoms with van der Waals surface area (Å²) in [5.41, 5.74) is 11.2. The second-order valence-electron chi connectivity index (χ2n) is 5.76. The summed E-state index contributed by atoms with van der Waals surface area (Å²) >= 11 is 0. The number of nitrogens with zero attached hydrogens (tertiary/aromatic N) is 1. The number of H-pyrrole nitrogens is 1. The normalized spacial score (nSPS) is 11.0. The second kappa shape index (κ2) is 5.94. The molecule has 0 unspecified atom stereocenters. The minimum atomic E-state index is -0.271. The summed E-state index contributed by atoms with van der Waals surface area (Å²) in [6.45, 7) is 0. The molecule has 2 aromatic carbocycles. The molecular weight excluding hydrogens is 317 g/mol. The van der Waals surface area contributed by atoms with E-state index in [0.717, 1.165) is 33.3 Å². The van der Waals surface area contributed by atoms with E-state index in [2.05, 4.69) is 9.97 Å². The van der Waals surface area contributed by atoms with Crippen molar-refractivity contribution >= 4 is 16.6 Å². The number of methoxy groups -OCH3 is 1. The lowest BCUT2D eigenvalue weighted by Crippen LogP contribution is -1.90. The summed E-state index contributed by atoms with van der Waals surface area (Å²) in [5, 5.41) is 0.933. The fraction of sp³-hybridized carbons (Fsp3) is 0.0500. The molecule has 4 aromatic rings. The van der Waals surface area contributed by atoms with Crippen molar-refractivity contribution in [1.29, 1.82) is 0 Å². The van der Waals surface area contributed by atoms with Crippen molar-refractivity contribution in [2.24, 2.45) is 0 Å². The van der Waals surface area contributed by atoms with E-state index in [9.17, 15) is 4.39 Å². The SMILES string of the molecule is COc1cc(N)cc2[nH]c(-c3ccc(F)cc3)c(-c3ccncc3)c12. The lowest BCUT2D eigenvalue weighted by molar-refractivity contribution is 0.420. The number of rotatable bonds is 3. The van der Waals surface area contributed by atoms with Crippen molar-refractivity contribution in [3.8, 4) is 28.1 Å². The first-order valence-corrected chi connectivity index (χ1v) is 7.83. The van der Waals surface area contributed by atoms with Crippen LogP contribution >= 0.6 is 0 Å². The molecule has 0 bridgehead atoms. The predicted octanol–water partition coefficient (Wildman–Crippen LogP) is 4.63. The zero-order chi connectivity index (χ0) is 17.4. The number of aromatic amines is 1. The van der Waals surface area contributed by atoms with Crippen molar-refractivity contribution in [1.82, 2.24) is 9.97 Å². The van der Waals surface area contributed by atoms with Crippen LogP contribution in [0.4, 0.5) is 10.1 Å². The summed E-state index contributed by atoms with van der Waals surface area (Å²) in [4.78, 5) is 7.51. The van der Waals surface area contributed by atoms with Crippen LogP contribution in [0.1, 0.15) is 0 Å². The quantitative estimate of drug-likeness (QED) is 0.537. The summed E-state index contributed by atoms with van der Waals surface area (Å²) in [6.07, 6.45) is 3.48. The van der Waals surface area contributed by atoms with Crippen LogP contribution in [0, 0.1) is 5.82 Å². The number of nitrogens with one attached hydrogen (secondary N) is 1. The Labute approximate surface area is 144 Å². The molecule has 3 N–H and O–H groups in total. The maximum atomic E-state index is 13.3. The Hall–Kier alpha value is -3.34. The molecule has 0 saturated carbocycles. The number of halogens is 1. The maximum absolute atomic E-state index is 13.3. The van der Waals surface area contributed by atoms with Gasteiger partial charge in [0.15, 0.2) is 0 Å². The number of aromatic nitrogens is 2. The maximum Gasteiger partial charge on any atom is 0.130 e. The summed E-state index contributed by atoms with van der Waals surface area (Å²) in [7, 11) is 1.62. The van der Waals surface area contributed by atoms with Crippen LogP contribution in [0.2, 0.25) is 0 Å². The number of anilines is 1. The number of nitrogen functional groups attached to an aromatic ring is 1. The van der Waals surface area contributed by atoms with E-state index in [1.54, 1.807) is 37.7 Å². The van der Waals surface area contributed by atoms with Gasteiger partial charge in [-0.2, -0.15) is 0 Å². The number of hydrogen-bond donors (Lipinski definition) is 2. The number of fused-ring (bicyclic) bond motifs is 1. The highest BCUT2D eigenvalue weighted by molar-refractivity contribution is 6.07. The largest absolute Gasteiger partial charge is 0.496 e. The zero-order valence-electron chi connectivity index (χ0n) is 13.6. The molecule has 0 atom stereocenters. The van der Waals surface area contributed by atoms with Crippen LogP contribution in [0.15, 0.2) is 60.9 Å². The topological polar surface area (TPSA) is 63.9 Å². The standard InChI is InChI=1S/C20H16FN3O/c1-25-17-11-15(22)10-16-19(17)18(12-6-8-23-9-7-12)20(24-16)13-2-4-14(21)5-3-13/h2-11,24H,22H2,1H3. The van der Waals surface area contributed by atoms with Gasteiger partial charge in [-0.15, -0.1) is 0 Å². The van der Waals surface area contributed by atoms with Gasteiger partial charge in [-0.25, -0.2) is 4.39 Å². The van der Waals surface area contributed by atoms with Crippen molar-refractivity contribution < 1.29 is 9.13 Å². The van der Waals surface area contributed by atoms with Crippen LogP contribution in [-0.4, -0.2) is 17.1 Å². The molecule has 0 aliphatic carbocycles. The van der Waals surface area contributed by atoms with Crippen LogP contribution in [0.3, 0.4) is 0 Å². The fourth-order valence-electron chi connectivity index (χ4n) is 3.12. The molecule has 0 amide bonds. The molecular formula is C20H16FN3O. The fourth-order valence-corrected chi connectivity index (χ4v) is 3.12. The van der Waals surface area contributed by atoms with E-state index in [-0.39, 0.29) is 5.82 Å². The molecule has 0 saturated heterocycles.